The first kappa shape index (κ1) is 22.4. The summed E-state index contributed by atoms with van der Waals surface area (Å²) in [5.41, 5.74) is 8.10. The molecule has 0 amide bonds. The first-order valence-electron chi connectivity index (χ1n) is 9.59. The van der Waals surface area contributed by atoms with Gasteiger partial charge in [0.2, 0.25) is 5.95 Å². The lowest BCUT2D eigenvalue weighted by molar-refractivity contribution is 0.405. The van der Waals surface area contributed by atoms with Gasteiger partial charge in [-0.15, -0.1) is 0 Å². The van der Waals surface area contributed by atoms with Gasteiger partial charge in [0.05, 0.1) is 16.3 Å². The second kappa shape index (κ2) is 10.2. The molecule has 10 nitrogen and oxygen atoms in total. The molecule has 1 aromatic carbocycles. The summed E-state index contributed by atoms with van der Waals surface area (Å²) < 4.78 is 31.4. The van der Waals surface area contributed by atoms with Gasteiger partial charge in [0.1, 0.15) is 0 Å². The van der Waals surface area contributed by atoms with E-state index < -0.39 is 10.1 Å². The van der Waals surface area contributed by atoms with Crippen molar-refractivity contribution in [2.45, 2.75) is 11.3 Å². The molecule has 0 aliphatic rings. The topological polar surface area (TPSA) is 132 Å². The molecule has 0 atom stereocenters. The van der Waals surface area contributed by atoms with Crippen molar-refractivity contribution in [1.29, 1.82) is 0 Å². The molecular weight excluding hydrogens is 418 g/mol. The van der Waals surface area contributed by atoms with E-state index in [2.05, 4.69) is 36.0 Å². The predicted octanol–water partition coefficient (Wildman–Crippen LogP) is 2.59. The third kappa shape index (κ3) is 6.88. The lowest BCUT2D eigenvalue weighted by Crippen LogP contribution is -2.17. The highest BCUT2D eigenvalue weighted by molar-refractivity contribution is 7.85. The number of hydrogen-bond donors (Lipinski definition) is 4. The molecule has 0 spiro atoms. The summed E-state index contributed by atoms with van der Waals surface area (Å²) in [5, 5.41) is 3.24. The minimum atomic E-state index is -4.23. The van der Waals surface area contributed by atoms with Gasteiger partial charge in [-0.1, -0.05) is 0 Å². The maximum Gasteiger partial charge on any atom is 0.294 e. The Morgan fingerprint density at radius 1 is 1.06 bits per heavy atom. The Morgan fingerprint density at radius 2 is 1.84 bits per heavy atom. The lowest BCUT2D eigenvalue weighted by atomic mass is 10.2. The molecule has 2 heterocycles. The Morgan fingerprint density at radius 3 is 2.48 bits per heavy atom. The zero-order valence-electron chi connectivity index (χ0n) is 17.3. The molecule has 0 unspecified atom stereocenters. The van der Waals surface area contributed by atoms with Gasteiger partial charge in [-0.25, -0.2) is 4.98 Å². The molecule has 164 valence electrons. The third-order valence-corrected chi connectivity index (χ3v) is 5.10. The van der Waals surface area contributed by atoms with E-state index in [1.807, 2.05) is 26.2 Å². The zero-order chi connectivity index (χ0) is 22.3. The monoisotopic (exact) mass is 443 g/mol. The van der Waals surface area contributed by atoms with E-state index in [1.165, 1.54) is 24.3 Å². The van der Waals surface area contributed by atoms with E-state index in [-0.39, 0.29) is 4.90 Å². The number of rotatable bonds is 10. The van der Waals surface area contributed by atoms with Crippen molar-refractivity contribution >= 4 is 27.6 Å². The fraction of sp³-hybridized carbons (Fsp3) is 0.250. The Labute approximate surface area is 181 Å². The Balaban J connectivity index is 1.75. The summed E-state index contributed by atoms with van der Waals surface area (Å²) in [6.07, 6.45) is 4.36. The smallest absolute Gasteiger partial charge is 0.294 e. The van der Waals surface area contributed by atoms with E-state index in [9.17, 15) is 8.42 Å². The quantitative estimate of drug-likeness (QED) is 0.210. The molecule has 4 N–H and O–H groups in total. The van der Waals surface area contributed by atoms with Crippen molar-refractivity contribution < 1.29 is 13.0 Å². The van der Waals surface area contributed by atoms with Gasteiger partial charge < -0.3 is 10.2 Å². The molecular formula is C20H25N7O3S. The van der Waals surface area contributed by atoms with Crippen LogP contribution in [0.15, 0.2) is 59.8 Å². The molecule has 0 radical (unpaired) electrons. The first-order chi connectivity index (χ1) is 14.8. The number of aromatic nitrogens is 3. The van der Waals surface area contributed by atoms with Gasteiger partial charge in [0.25, 0.3) is 10.1 Å². The van der Waals surface area contributed by atoms with Crippen LogP contribution in [-0.4, -0.2) is 60.0 Å². The number of nitrogens with zero attached hydrogens (tertiary/aromatic N) is 4. The average molecular weight is 444 g/mol. The summed E-state index contributed by atoms with van der Waals surface area (Å²) in [5.74, 6) is 0.994. The summed E-state index contributed by atoms with van der Waals surface area (Å²) in [6, 6.07) is 11.2. The van der Waals surface area contributed by atoms with Crippen LogP contribution < -0.4 is 16.2 Å². The Kier molecular flexibility index (Phi) is 7.34. The number of benzene rings is 1. The number of hydrazine groups is 1. The summed E-state index contributed by atoms with van der Waals surface area (Å²) in [6.45, 7) is 1.67. The van der Waals surface area contributed by atoms with Crippen LogP contribution in [0.2, 0.25) is 0 Å². The van der Waals surface area contributed by atoms with Crippen LogP contribution in [0.25, 0.3) is 11.3 Å². The summed E-state index contributed by atoms with van der Waals surface area (Å²) in [4.78, 5) is 15.1. The Bertz CT molecular complexity index is 1090. The number of nitrogens with one attached hydrogen (secondary N) is 3. The normalized spacial score (nSPS) is 11.4. The van der Waals surface area contributed by atoms with Crippen LogP contribution >= 0.6 is 0 Å². The van der Waals surface area contributed by atoms with E-state index in [0.29, 0.717) is 23.1 Å². The summed E-state index contributed by atoms with van der Waals surface area (Å²) >= 11 is 0. The van der Waals surface area contributed by atoms with Crippen molar-refractivity contribution in [3.8, 4) is 11.3 Å². The van der Waals surface area contributed by atoms with Crippen molar-refractivity contribution in [1.82, 2.24) is 19.9 Å². The highest BCUT2D eigenvalue weighted by atomic mass is 32.2. The molecule has 0 bridgehead atoms. The fourth-order valence-corrected chi connectivity index (χ4v) is 3.17. The molecule has 3 rings (SSSR count). The van der Waals surface area contributed by atoms with Crippen molar-refractivity contribution in [2.24, 2.45) is 0 Å². The molecule has 0 aliphatic heterocycles. The second-order valence-electron chi connectivity index (χ2n) is 7.04. The van der Waals surface area contributed by atoms with E-state index in [0.717, 1.165) is 25.1 Å². The molecule has 31 heavy (non-hydrogen) atoms. The van der Waals surface area contributed by atoms with Crippen LogP contribution in [0.1, 0.15) is 6.42 Å². The highest BCUT2D eigenvalue weighted by Crippen LogP contribution is 2.21. The maximum absolute atomic E-state index is 11.2. The minimum Gasteiger partial charge on any atom is -0.354 e. The molecule has 3 aromatic rings. The summed E-state index contributed by atoms with van der Waals surface area (Å²) in [7, 11) is -0.184. The Hall–Kier alpha value is -3.28. The van der Waals surface area contributed by atoms with Crippen molar-refractivity contribution in [3.63, 3.8) is 0 Å². The fourth-order valence-electron chi connectivity index (χ4n) is 2.69. The minimum absolute atomic E-state index is 0.178. The van der Waals surface area contributed by atoms with E-state index >= 15 is 0 Å². The largest absolute Gasteiger partial charge is 0.354 e. The lowest BCUT2D eigenvalue weighted by Gasteiger charge is -2.14. The van der Waals surface area contributed by atoms with Gasteiger partial charge in [0, 0.05) is 30.6 Å². The van der Waals surface area contributed by atoms with Crippen molar-refractivity contribution in [2.75, 3.05) is 43.4 Å². The first-order valence-corrected chi connectivity index (χ1v) is 11.0. The number of anilines is 3. The van der Waals surface area contributed by atoms with Crippen LogP contribution in [0.3, 0.4) is 0 Å². The molecule has 0 fully saturated rings. The SMILES string of the molecule is CN(C)CCCNc1nc(NNc2ccc(S(=O)(=O)O)cc2)cc(-c2cccnc2)n1. The molecule has 0 saturated carbocycles. The zero-order valence-corrected chi connectivity index (χ0v) is 18.1. The van der Waals surface area contributed by atoms with Crippen LogP contribution in [0.5, 0.6) is 0 Å². The number of hydrogen-bond acceptors (Lipinski definition) is 9. The number of pyridine rings is 1. The van der Waals surface area contributed by atoms with E-state index in [1.54, 1.807) is 18.5 Å². The van der Waals surface area contributed by atoms with Crippen LogP contribution in [0.4, 0.5) is 17.5 Å². The van der Waals surface area contributed by atoms with E-state index in [4.69, 9.17) is 4.55 Å². The van der Waals surface area contributed by atoms with Crippen LogP contribution in [-0.2, 0) is 10.1 Å². The van der Waals surface area contributed by atoms with Crippen LogP contribution in [0, 0.1) is 0 Å². The molecule has 0 saturated heterocycles. The average Bonchev–Trinajstić information content (AvgIpc) is 2.75. The maximum atomic E-state index is 11.2. The molecule has 2 aromatic heterocycles. The van der Waals surface area contributed by atoms with Gasteiger partial charge in [0.15, 0.2) is 5.82 Å². The third-order valence-electron chi connectivity index (χ3n) is 4.24. The van der Waals surface area contributed by atoms with Crippen molar-refractivity contribution in [3.05, 3.63) is 54.9 Å². The molecule has 11 heteroatoms. The second-order valence-corrected chi connectivity index (χ2v) is 8.46. The standard InChI is InChI=1S/C20H25N7O3S/c1-27(2)12-4-11-22-20-23-18(15-5-3-10-21-14-15)13-19(24-20)26-25-16-6-8-17(9-7-16)31(28,29)30/h3,5-10,13-14,25H,4,11-12H2,1-2H3,(H,28,29,30)(H2,22,23,24,26). The molecule has 0 aliphatic carbocycles. The van der Waals surface area contributed by atoms with Gasteiger partial charge in [-0.2, -0.15) is 13.4 Å². The van der Waals surface area contributed by atoms with Gasteiger partial charge in [-0.3, -0.25) is 20.4 Å². The highest BCUT2D eigenvalue weighted by Gasteiger charge is 2.09. The predicted molar refractivity (Wildman–Crippen MR) is 120 cm³/mol. The van der Waals surface area contributed by atoms with Gasteiger partial charge >= 0.3 is 0 Å². The van der Waals surface area contributed by atoms with Gasteiger partial charge in [-0.05, 0) is 63.5 Å².